The smallest absolute Gasteiger partial charge is 0.231 e. The van der Waals surface area contributed by atoms with Crippen LogP contribution in [0.15, 0.2) is 65.7 Å². The van der Waals surface area contributed by atoms with Gasteiger partial charge < -0.3 is 9.47 Å². The number of rotatable bonds is 2. The highest BCUT2D eigenvalue weighted by Gasteiger charge is 2.12. The van der Waals surface area contributed by atoms with E-state index in [1.54, 1.807) is 0 Å². The van der Waals surface area contributed by atoms with Crippen LogP contribution in [0.1, 0.15) is 27.8 Å². The molecular formula is C24H21NO2. The fourth-order valence-corrected chi connectivity index (χ4v) is 3.67. The Hall–Kier alpha value is -3.07. The summed E-state index contributed by atoms with van der Waals surface area (Å²) in [5.74, 6) is 1.59. The van der Waals surface area contributed by atoms with Gasteiger partial charge in [-0.2, -0.15) is 0 Å². The van der Waals surface area contributed by atoms with Crippen molar-refractivity contribution in [2.45, 2.75) is 25.7 Å². The zero-order valence-corrected chi connectivity index (χ0v) is 15.2. The van der Waals surface area contributed by atoms with Crippen LogP contribution < -0.4 is 9.47 Å². The molecule has 0 saturated heterocycles. The molecule has 5 aliphatic rings. The van der Waals surface area contributed by atoms with Crippen molar-refractivity contribution < 1.29 is 9.47 Å². The van der Waals surface area contributed by atoms with E-state index < -0.39 is 0 Å². The summed E-state index contributed by atoms with van der Waals surface area (Å²) in [5.41, 5.74) is 7.50. The Morgan fingerprint density at radius 3 is 2.22 bits per heavy atom. The second-order valence-electron chi connectivity index (χ2n) is 7.15. The normalized spacial score (nSPS) is 15.1. The molecule has 0 saturated carbocycles. The maximum Gasteiger partial charge on any atom is 0.231 e. The number of ether oxygens (including phenoxy) is 2. The highest BCUT2D eigenvalue weighted by Crippen LogP contribution is 2.32. The van der Waals surface area contributed by atoms with Gasteiger partial charge in [0.05, 0.1) is 5.69 Å². The molecule has 0 fully saturated rings. The van der Waals surface area contributed by atoms with Gasteiger partial charge >= 0.3 is 0 Å². The minimum Gasteiger partial charge on any atom is -0.454 e. The van der Waals surface area contributed by atoms with E-state index >= 15 is 0 Å². The van der Waals surface area contributed by atoms with E-state index in [0.717, 1.165) is 48.4 Å². The van der Waals surface area contributed by atoms with Gasteiger partial charge in [0.25, 0.3) is 0 Å². The Morgan fingerprint density at radius 2 is 1.37 bits per heavy atom. The van der Waals surface area contributed by atoms with Crippen LogP contribution in [0.3, 0.4) is 0 Å². The van der Waals surface area contributed by atoms with E-state index in [-0.39, 0.29) is 0 Å². The molecule has 3 aromatic carbocycles. The van der Waals surface area contributed by atoms with Gasteiger partial charge in [0.1, 0.15) is 0 Å². The van der Waals surface area contributed by atoms with Crippen molar-refractivity contribution in [3.8, 4) is 11.5 Å². The lowest BCUT2D eigenvalue weighted by atomic mass is 9.95. The van der Waals surface area contributed by atoms with Crippen LogP contribution in [0.25, 0.3) is 0 Å². The summed E-state index contributed by atoms with van der Waals surface area (Å²) in [7, 11) is 0. The molecule has 0 N–H and O–H groups in total. The van der Waals surface area contributed by atoms with Crippen LogP contribution in [-0.4, -0.2) is 13.0 Å². The van der Waals surface area contributed by atoms with Gasteiger partial charge in [0.2, 0.25) is 6.79 Å². The summed E-state index contributed by atoms with van der Waals surface area (Å²) >= 11 is 0. The zero-order chi connectivity index (χ0) is 18.1. The Balaban J connectivity index is 1.45. The standard InChI is InChI=1S/C24H21NO2/c1-3-18-4-2-17(1)5-6-19-8-11-21(10-7-18)22(13-19)25-15-20-9-12-23-24(14-20)27-16-26-23/h1-4,8-9,11-15H,5-7,10,16H2. The fraction of sp³-hybridized carbons (Fsp3) is 0.208. The van der Waals surface area contributed by atoms with Crippen LogP contribution in [0.2, 0.25) is 0 Å². The second-order valence-corrected chi connectivity index (χ2v) is 7.15. The molecule has 3 aromatic rings. The first-order valence-electron chi connectivity index (χ1n) is 9.47. The lowest BCUT2D eigenvalue weighted by molar-refractivity contribution is 0.174. The third-order valence-electron chi connectivity index (χ3n) is 5.31. The van der Waals surface area contributed by atoms with Crippen LogP contribution in [0.5, 0.6) is 11.5 Å². The summed E-state index contributed by atoms with van der Waals surface area (Å²) < 4.78 is 10.8. The predicted molar refractivity (Wildman–Crippen MR) is 108 cm³/mol. The van der Waals surface area contributed by atoms with E-state index in [2.05, 4.69) is 42.5 Å². The molecule has 1 heterocycles. The second kappa shape index (κ2) is 6.92. The Labute approximate surface area is 159 Å². The number of nitrogens with zero attached hydrogens (tertiary/aromatic N) is 1. The summed E-state index contributed by atoms with van der Waals surface area (Å²) in [5, 5.41) is 0. The summed E-state index contributed by atoms with van der Waals surface area (Å²) in [4.78, 5) is 4.83. The molecule has 4 aliphatic carbocycles. The quantitative estimate of drug-likeness (QED) is 0.602. The maximum atomic E-state index is 5.46. The average Bonchev–Trinajstić information content (AvgIpc) is 3.16. The molecule has 8 rings (SSSR count). The van der Waals surface area contributed by atoms with Gasteiger partial charge in [0.15, 0.2) is 11.5 Å². The van der Waals surface area contributed by atoms with E-state index in [4.69, 9.17) is 14.5 Å². The molecule has 134 valence electrons. The van der Waals surface area contributed by atoms with E-state index in [1.165, 1.54) is 22.3 Å². The molecule has 0 spiro atoms. The number of fused-ring (bicyclic) bond motifs is 1. The van der Waals surface area contributed by atoms with Crippen molar-refractivity contribution in [3.63, 3.8) is 0 Å². The van der Waals surface area contributed by atoms with Crippen LogP contribution in [0, 0.1) is 0 Å². The number of benzene rings is 3. The predicted octanol–water partition coefficient (Wildman–Crippen LogP) is 5.05. The molecule has 0 atom stereocenters. The van der Waals surface area contributed by atoms with Crippen molar-refractivity contribution in [1.29, 1.82) is 0 Å². The lowest BCUT2D eigenvalue weighted by Crippen LogP contribution is -1.98. The van der Waals surface area contributed by atoms with Crippen LogP contribution in [0.4, 0.5) is 5.69 Å². The molecule has 0 unspecified atom stereocenters. The molecular weight excluding hydrogens is 334 g/mol. The SMILES string of the molecule is C(=Nc1cc2ccc1CCc1ccc(cc1)CC2)c1ccc2c(c1)OCO2. The van der Waals surface area contributed by atoms with E-state index in [1.807, 2.05) is 24.4 Å². The highest BCUT2D eigenvalue weighted by atomic mass is 16.7. The van der Waals surface area contributed by atoms with Crippen molar-refractivity contribution in [2.75, 3.05) is 6.79 Å². The summed E-state index contributed by atoms with van der Waals surface area (Å²) in [6, 6.07) is 21.7. The van der Waals surface area contributed by atoms with Gasteiger partial charge in [0, 0.05) is 6.21 Å². The Morgan fingerprint density at radius 1 is 0.667 bits per heavy atom. The van der Waals surface area contributed by atoms with Gasteiger partial charge in [-0.15, -0.1) is 0 Å². The minimum absolute atomic E-state index is 0.294. The highest BCUT2D eigenvalue weighted by molar-refractivity contribution is 5.83. The van der Waals surface area contributed by atoms with Gasteiger partial charge in [-0.3, -0.25) is 4.99 Å². The number of hydrogen-bond donors (Lipinski definition) is 0. The Bertz CT molecular complexity index is 1010. The summed E-state index contributed by atoms with van der Waals surface area (Å²) in [6.07, 6.45) is 6.04. The first-order chi connectivity index (χ1) is 13.3. The zero-order valence-electron chi connectivity index (χ0n) is 15.2. The number of hydrogen-bond acceptors (Lipinski definition) is 3. The topological polar surface area (TPSA) is 30.8 Å². The molecule has 3 heteroatoms. The largest absolute Gasteiger partial charge is 0.454 e. The summed E-state index contributed by atoms with van der Waals surface area (Å²) in [6.45, 7) is 0.294. The van der Waals surface area contributed by atoms with Crippen molar-refractivity contribution in [2.24, 2.45) is 4.99 Å². The Kier molecular flexibility index (Phi) is 4.13. The van der Waals surface area contributed by atoms with Crippen LogP contribution in [-0.2, 0) is 25.7 Å². The lowest BCUT2D eigenvalue weighted by Gasteiger charge is -2.12. The molecule has 0 aromatic heterocycles. The average molecular weight is 355 g/mol. The molecule has 0 amide bonds. The van der Waals surface area contributed by atoms with E-state index in [9.17, 15) is 0 Å². The van der Waals surface area contributed by atoms with Crippen molar-refractivity contribution in [1.82, 2.24) is 0 Å². The number of aliphatic imine (C=N–C) groups is 1. The van der Waals surface area contributed by atoms with Crippen molar-refractivity contribution >= 4 is 11.9 Å². The molecule has 4 bridgehead atoms. The van der Waals surface area contributed by atoms with Gasteiger partial charge in [-0.05, 0) is 77.8 Å². The maximum absolute atomic E-state index is 5.46. The first kappa shape index (κ1) is 16.1. The molecule has 1 aliphatic heterocycles. The van der Waals surface area contributed by atoms with Crippen LogP contribution >= 0.6 is 0 Å². The van der Waals surface area contributed by atoms with E-state index in [0.29, 0.717) is 6.79 Å². The van der Waals surface area contributed by atoms with Gasteiger partial charge in [-0.1, -0.05) is 36.4 Å². The number of aryl methyl sites for hydroxylation is 4. The molecule has 0 radical (unpaired) electrons. The third kappa shape index (κ3) is 3.45. The first-order valence-corrected chi connectivity index (χ1v) is 9.47. The third-order valence-corrected chi connectivity index (χ3v) is 5.31. The molecule has 27 heavy (non-hydrogen) atoms. The minimum atomic E-state index is 0.294. The fourth-order valence-electron chi connectivity index (χ4n) is 3.67. The van der Waals surface area contributed by atoms with Crippen molar-refractivity contribution in [3.05, 3.63) is 88.5 Å². The van der Waals surface area contributed by atoms with Gasteiger partial charge in [-0.25, -0.2) is 0 Å². The monoisotopic (exact) mass is 355 g/mol. The molecule has 3 nitrogen and oxygen atoms in total.